The quantitative estimate of drug-likeness (QED) is 0.849. The molecule has 24 heavy (non-hydrogen) atoms. The van der Waals surface area contributed by atoms with Crippen molar-refractivity contribution in [3.63, 3.8) is 0 Å². The predicted molar refractivity (Wildman–Crippen MR) is 88.7 cm³/mol. The maximum Gasteiger partial charge on any atom is 0.273 e. The number of hydrogen-bond donors (Lipinski definition) is 0. The molecule has 1 spiro atoms. The van der Waals surface area contributed by atoms with Crippen LogP contribution in [-0.2, 0) is 16.1 Å². The first kappa shape index (κ1) is 15.7. The van der Waals surface area contributed by atoms with Crippen molar-refractivity contribution in [3.05, 3.63) is 46.7 Å². The van der Waals surface area contributed by atoms with E-state index >= 15 is 0 Å². The molecule has 2 fully saturated rings. The lowest BCUT2D eigenvalue weighted by atomic mass is 9.84. The molecule has 126 valence electrons. The molecule has 0 unspecified atom stereocenters. The van der Waals surface area contributed by atoms with E-state index in [1.807, 2.05) is 12.1 Å². The van der Waals surface area contributed by atoms with Gasteiger partial charge in [0, 0.05) is 30.8 Å². The molecule has 1 amide bonds. The molecule has 2 saturated heterocycles. The number of thiazole rings is 1. The summed E-state index contributed by atoms with van der Waals surface area (Å²) in [6, 6.07) is 3.93. The third kappa shape index (κ3) is 3.19. The fourth-order valence-corrected chi connectivity index (χ4v) is 3.84. The summed E-state index contributed by atoms with van der Waals surface area (Å²) in [6.45, 7) is 2.52. The molecule has 2 aromatic heterocycles. The molecule has 2 aliphatic heterocycles. The van der Waals surface area contributed by atoms with Crippen LogP contribution in [0, 0.1) is 0 Å². The Bertz CT molecular complexity index is 686. The molecule has 1 atom stereocenters. The van der Waals surface area contributed by atoms with E-state index in [-0.39, 0.29) is 17.6 Å². The monoisotopic (exact) mass is 345 g/mol. The summed E-state index contributed by atoms with van der Waals surface area (Å²) in [5.74, 6) is -0.00898. The second-order valence-electron chi connectivity index (χ2n) is 6.35. The van der Waals surface area contributed by atoms with Crippen molar-refractivity contribution in [1.82, 2.24) is 14.9 Å². The summed E-state index contributed by atoms with van der Waals surface area (Å²) in [5, 5.41) is 1.79. The first-order valence-corrected chi connectivity index (χ1v) is 9.00. The van der Waals surface area contributed by atoms with Gasteiger partial charge in [0.05, 0.1) is 31.3 Å². The molecule has 0 radical (unpaired) electrons. The van der Waals surface area contributed by atoms with Gasteiger partial charge < -0.3 is 14.4 Å². The van der Waals surface area contributed by atoms with Crippen molar-refractivity contribution in [2.75, 3.05) is 19.7 Å². The summed E-state index contributed by atoms with van der Waals surface area (Å²) in [4.78, 5) is 22.2. The van der Waals surface area contributed by atoms with E-state index in [0.29, 0.717) is 32.0 Å². The average molecular weight is 345 g/mol. The average Bonchev–Trinajstić information content (AvgIpc) is 3.13. The molecule has 0 saturated carbocycles. The largest absolute Gasteiger partial charge is 0.373 e. The number of nitrogens with zero attached hydrogens (tertiary/aromatic N) is 3. The molecule has 0 aromatic carbocycles. The number of likely N-dealkylation sites (tertiary alicyclic amines) is 1. The van der Waals surface area contributed by atoms with Gasteiger partial charge in [-0.05, 0) is 24.1 Å². The SMILES string of the molecule is O=C(c1cscn1)N1CC2(C[C@H](OCc3ccncc3)CCO2)C1. The minimum absolute atomic E-state index is 0.00898. The van der Waals surface area contributed by atoms with E-state index in [0.717, 1.165) is 18.4 Å². The number of pyridine rings is 1. The van der Waals surface area contributed by atoms with Crippen molar-refractivity contribution < 1.29 is 14.3 Å². The van der Waals surface area contributed by atoms with Crippen molar-refractivity contribution >= 4 is 17.2 Å². The number of hydrogen-bond acceptors (Lipinski definition) is 6. The van der Waals surface area contributed by atoms with Crippen molar-refractivity contribution in [1.29, 1.82) is 0 Å². The van der Waals surface area contributed by atoms with Crippen LogP contribution in [0.2, 0.25) is 0 Å². The van der Waals surface area contributed by atoms with Gasteiger partial charge in [0.2, 0.25) is 0 Å². The number of ether oxygens (including phenoxy) is 2. The van der Waals surface area contributed by atoms with Crippen LogP contribution < -0.4 is 0 Å². The van der Waals surface area contributed by atoms with Crippen LogP contribution in [0.15, 0.2) is 35.4 Å². The molecule has 2 aliphatic rings. The normalized spacial score (nSPS) is 22.3. The highest BCUT2D eigenvalue weighted by Crippen LogP contribution is 2.36. The number of aromatic nitrogens is 2. The zero-order valence-corrected chi connectivity index (χ0v) is 14.1. The fourth-order valence-electron chi connectivity index (χ4n) is 3.31. The van der Waals surface area contributed by atoms with Crippen molar-refractivity contribution in [2.24, 2.45) is 0 Å². The molecule has 7 heteroatoms. The Hall–Kier alpha value is -1.83. The van der Waals surface area contributed by atoms with Gasteiger partial charge in [0.1, 0.15) is 11.3 Å². The molecule has 0 bridgehead atoms. The fraction of sp³-hybridized carbons (Fsp3) is 0.471. The van der Waals surface area contributed by atoms with Crippen LogP contribution in [0.4, 0.5) is 0 Å². The standard InChI is InChI=1S/C17H19N3O3S/c21-16(15-9-24-12-19-15)20-10-17(11-20)7-14(3-6-23-17)22-8-13-1-4-18-5-2-13/h1-2,4-5,9,12,14H,3,6-8,10-11H2/t14-/m1/s1. The summed E-state index contributed by atoms with van der Waals surface area (Å²) >= 11 is 1.44. The van der Waals surface area contributed by atoms with Crippen LogP contribution in [0.25, 0.3) is 0 Å². The highest BCUT2D eigenvalue weighted by Gasteiger charge is 2.49. The minimum atomic E-state index is -0.243. The van der Waals surface area contributed by atoms with Gasteiger partial charge >= 0.3 is 0 Å². The number of carbonyl (C=O) groups is 1. The number of carbonyl (C=O) groups excluding carboxylic acids is 1. The zero-order chi connectivity index (χ0) is 16.4. The van der Waals surface area contributed by atoms with E-state index in [4.69, 9.17) is 9.47 Å². The topological polar surface area (TPSA) is 64.6 Å². The Morgan fingerprint density at radius 3 is 3.00 bits per heavy atom. The second-order valence-corrected chi connectivity index (χ2v) is 7.07. The van der Waals surface area contributed by atoms with Gasteiger partial charge in [-0.1, -0.05) is 0 Å². The Morgan fingerprint density at radius 1 is 1.42 bits per heavy atom. The number of rotatable bonds is 4. The summed E-state index contributed by atoms with van der Waals surface area (Å²) in [5.41, 5.74) is 3.09. The molecule has 0 N–H and O–H groups in total. The van der Waals surface area contributed by atoms with Gasteiger partial charge in [-0.3, -0.25) is 9.78 Å². The molecular formula is C17H19N3O3S. The molecular weight excluding hydrogens is 326 g/mol. The zero-order valence-electron chi connectivity index (χ0n) is 13.3. The van der Waals surface area contributed by atoms with Gasteiger partial charge in [-0.25, -0.2) is 4.98 Å². The Labute approximate surface area is 144 Å². The van der Waals surface area contributed by atoms with E-state index in [1.165, 1.54) is 11.3 Å². The first-order valence-electron chi connectivity index (χ1n) is 8.06. The maximum atomic E-state index is 12.3. The highest BCUT2D eigenvalue weighted by molar-refractivity contribution is 7.07. The lowest BCUT2D eigenvalue weighted by molar-refractivity contribution is -0.188. The van der Waals surface area contributed by atoms with Gasteiger partial charge in [-0.2, -0.15) is 0 Å². The van der Waals surface area contributed by atoms with Crippen molar-refractivity contribution in [3.8, 4) is 0 Å². The van der Waals surface area contributed by atoms with E-state index < -0.39 is 0 Å². The summed E-state index contributed by atoms with van der Waals surface area (Å²) in [6.07, 6.45) is 5.45. The lowest BCUT2D eigenvalue weighted by Crippen LogP contribution is -2.67. The molecule has 2 aromatic rings. The molecule has 4 rings (SSSR count). The van der Waals surface area contributed by atoms with Gasteiger partial charge in [0.15, 0.2) is 0 Å². The Morgan fingerprint density at radius 2 is 2.25 bits per heavy atom. The summed E-state index contributed by atoms with van der Waals surface area (Å²) in [7, 11) is 0. The number of amides is 1. The van der Waals surface area contributed by atoms with E-state index in [1.54, 1.807) is 28.2 Å². The second kappa shape index (κ2) is 6.58. The third-order valence-electron chi connectivity index (χ3n) is 4.58. The van der Waals surface area contributed by atoms with Crippen molar-refractivity contribution in [2.45, 2.75) is 31.2 Å². The predicted octanol–water partition coefficient (Wildman–Crippen LogP) is 2.13. The molecule has 4 heterocycles. The smallest absolute Gasteiger partial charge is 0.273 e. The van der Waals surface area contributed by atoms with Gasteiger partial charge in [0.25, 0.3) is 5.91 Å². The summed E-state index contributed by atoms with van der Waals surface area (Å²) < 4.78 is 12.0. The molecule has 0 aliphatic carbocycles. The van der Waals surface area contributed by atoms with Crippen LogP contribution in [0.1, 0.15) is 28.9 Å². The van der Waals surface area contributed by atoms with Crippen LogP contribution in [0.5, 0.6) is 0 Å². The lowest BCUT2D eigenvalue weighted by Gasteiger charge is -2.52. The Balaban J connectivity index is 1.30. The van der Waals surface area contributed by atoms with E-state index in [9.17, 15) is 4.79 Å². The first-order chi connectivity index (χ1) is 11.7. The Kier molecular flexibility index (Phi) is 4.30. The maximum absolute atomic E-state index is 12.3. The van der Waals surface area contributed by atoms with Crippen LogP contribution in [-0.4, -0.2) is 52.2 Å². The van der Waals surface area contributed by atoms with E-state index in [2.05, 4.69) is 9.97 Å². The van der Waals surface area contributed by atoms with Gasteiger partial charge in [-0.15, -0.1) is 11.3 Å². The molecule has 6 nitrogen and oxygen atoms in total. The highest BCUT2D eigenvalue weighted by atomic mass is 32.1. The van der Waals surface area contributed by atoms with Crippen LogP contribution >= 0.6 is 11.3 Å². The van der Waals surface area contributed by atoms with Crippen LogP contribution in [0.3, 0.4) is 0 Å². The third-order valence-corrected chi connectivity index (χ3v) is 5.17. The minimum Gasteiger partial charge on any atom is -0.373 e.